The molecule has 0 fully saturated rings. The van der Waals surface area contributed by atoms with Gasteiger partial charge in [0, 0.05) is 10.0 Å². The van der Waals surface area contributed by atoms with Crippen molar-refractivity contribution in [1.82, 2.24) is 5.32 Å². The van der Waals surface area contributed by atoms with Crippen molar-refractivity contribution < 1.29 is 4.74 Å². The van der Waals surface area contributed by atoms with Gasteiger partial charge in [-0.05, 0) is 54.5 Å². The van der Waals surface area contributed by atoms with Crippen molar-refractivity contribution in [3.8, 4) is 5.75 Å². The Bertz CT molecular complexity index is 615. The van der Waals surface area contributed by atoms with Gasteiger partial charge >= 0.3 is 0 Å². The average Bonchev–Trinajstić information content (AvgIpc) is 2.45. The summed E-state index contributed by atoms with van der Waals surface area (Å²) in [6.45, 7) is 4.05. The maximum Gasteiger partial charge on any atom is 0.124 e. The number of halogens is 2. The fourth-order valence-corrected chi connectivity index (χ4v) is 2.92. The molecule has 2 nitrogen and oxygen atoms in total. The van der Waals surface area contributed by atoms with E-state index in [1.54, 1.807) is 0 Å². The Kier molecular flexibility index (Phi) is 5.68. The fraction of sp³-hybridized carbons (Fsp3) is 0.294. The van der Waals surface area contributed by atoms with Crippen LogP contribution in [-0.4, -0.2) is 13.2 Å². The summed E-state index contributed by atoms with van der Waals surface area (Å²) in [5.74, 6) is 0.878. The van der Waals surface area contributed by atoms with Gasteiger partial charge in [0.25, 0.3) is 0 Å². The molecule has 0 aromatic heterocycles. The van der Waals surface area contributed by atoms with Gasteiger partial charge in [-0.1, -0.05) is 41.9 Å². The van der Waals surface area contributed by atoms with Gasteiger partial charge in [-0.25, -0.2) is 0 Å². The third kappa shape index (κ3) is 3.79. The summed E-state index contributed by atoms with van der Waals surface area (Å²) in [7, 11) is 1.92. The topological polar surface area (TPSA) is 21.3 Å². The van der Waals surface area contributed by atoms with Gasteiger partial charge in [0.1, 0.15) is 5.75 Å². The Morgan fingerprint density at radius 2 is 1.71 bits per heavy atom. The monoisotopic (exact) mass is 367 g/mol. The Morgan fingerprint density at radius 1 is 1.05 bits per heavy atom. The van der Waals surface area contributed by atoms with Crippen LogP contribution in [0.1, 0.15) is 31.0 Å². The third-order valence-corrected chi connectivity index (χ3v) is 4.48. The van der Waals surface area contributed by atoms with Crippen LogP contribution in [0.4, 0.5) is 0 Å². The van der Waals surface area contributed by atoms with Gasteiger partial charge in [-0.15, -0.1) is 0 Å². The van der Waals surface area contributed by atoms with Crippen molar-refractivity contribution in [1.29, 1.82) is 0 Å². The summed E-state index contributed by atoms with van der Waals surface area (Å²) < 4.78 is 6.82. The Balaban J connectivity index is 2.49. The van der Waals surface area contributed by atoms with E-state index in [0.29, 0.717) is 0 Å². The molecule has 0 amide bonds. The lowest BCUT2D eigenvalue weighted by Crippen LogP contribution is -2.20. The first kappa shape index (κ1) is 16.3. The number of ether oxygens (including phenoxy) is 1. The molecule has 0 heterocycles. The number of rotatable bonds is 5. The van der Waals surface area contributed by atoms with Gasteiger partial charge in [-0.3, -0.25) is 0 Å². The molecule has 1 unspecified atom stereocenters. The van der Waals surface area contributed by atoms with Crippen LogP contribution in [-0.2, 0) is 0 Å². The lowest BCUT2D eigenvalue weighted by atomic mass is 9.98. The zero-order valence-corrected chi connectivity index (χ0v) is 14.7. The predicted molar refractivity (Wildman–Crippen MR) is 92.3 cm³/mol. The van der Waals surface area contributed by atoms with Crippen LogP contribution in [0.3, 0.4) is 0 Å². The van der Waals surface area contributed by atoms with Crippen LogP contribution >= 0.6 is 27.5 Å². The standard InChI is InChI=1S/C17H19BrClNO/c1-11(2)21-15-10-5-4-7-12(15)17(20-3)13-8-6-9-14(18)16(13)19/h4-11,17,20H,1-3H3. The molecular formula is C17H19BrClNO. The first-order valence-electron chi connectivity index (χ1n) is 6.91. The summed E-state index contributed by atoms with van der Waals surface area (Å²) in [5.41, 5.74) is 2.10. The second-order valence-corrected chi connectivity index (χ2v) is 6.30. The van der Waals surface area contributed by atoms with Gasteiger partial charge in [0.15, 0.2) is 0 Å². The predicted octanol–water partition coefficient (Wildman–Crippen LogP) is 5.20. The quantitative estimate of drug-likeness (QED) is 0.783. The smallest absolute Gasteiger partial charge is 0.124 e. The summed E-state index contributed by atoms with van der Waals surface area (Å²) in [6.07, 6.45) is 0.127. The van der Waals surface area contributed by atoms with E-state index >= 15 is 0 Å². The normalized spacial score (nSPS) is 12.5. The SMILES string of the molecule is CNC(c1ccccc1OC(C)C)c1cccc(Br)c1Cl. The molecule has 0 spiro atoms. The van der Waals surface area contributed by atoms with Crippen molar-refractivity contribution in [3.63, 3.8) is 0 Å². The number of hydrogen-bond donors (Lipinski definition) is 1. The van der Waals surface area contributed by atoms with Gasteiger partial charge in [-0.2, -0.15) is 0 Å². The fourth-order valence-electron chi connectivity index (χ4n) is 2.30. The Labute approximate surface area is 139 Å². The van der Waals surface area contributed by atoms with Crippen molar-refractivity contribution in [3.05, 3.63) is 63.1 Å². The Morgan fingerprint density at radius 3 is 2.38 bits per heavy atom. The molecule has 1 atom stereocenters. The molecule has 21 heavy (non-hydrogen) atoms. The molecule has 0 saturated carbocycles. The highest BCUT2D eigenvalue weighted by Crippen LogP contribution is 2.36. The number of nitrogens with one attached hydrogen (secondary N) is 1. The van der Waals surface area contributed by atoms with Crippen LogP contribution in [0.25, 0.3) is 0 Å². The molecule has 2 aromatic rings. The summed E-state index contributed by atoms with van der Waals surface area (Å²) in [6, 6.07) is 14.0. The lowest BCUT2D eigenvalue weighted by Gasteiger charge is -2.23. The molecule has 112 valence electrons. The zero-order chi connectivity index (χ0) is 15.4. The molecule has 0 radical (unpaired) electrons. The van der Waals surface area contributed by atoms with E-state index in [9.17, 15) is 0 Å². The largest absolute Gasteiger partial charge is 0.491 e. The van der Waals surface area contributed by atoms with Crippen molar-refractivity contribution >= 4 is 27.5 Å². The van der Waals surface area contributed by atoms with Crippen molar-refractivity contribution in [2.24, 2.45) is 0 Å². The minimum Gasteiger partial charge on any atom is -0.491 e. The number of para-hydroxylation sites is 1. The number of benzene rings is 2. The van der Waals surface area contributed by atoms with E-state index in [-0.39, 0.29) is 12.1 Å². The summed E-state index contributed by atoms with van der Waals surface area (Å²) in [4.78, 5) is 0. The van der Waals surface area contributed by atoms with Gasteiger partial charge in [0.2, 0.25) is 0 Å². The first-order valence-corrected chi connectivity index (χ1v) is 8.08. The highest BCUT2D eigenvalue weighted by atomic mass is 79.9. The first-order chi connectivity index (χ1) is 10.0. The van der Waals surface area contributed by atoms with Crippen LogP contribution in [0.5, 0.6) is 5.75 Å². The highest BCUT2D eigenvalue weighted by Gasteiger charge is 2.20. The maximum atomic E-state index is 6.45. The lowest BCUT2D eigenvalue weighted by molar-refractivity contribution is 0.238. The van der Waals surface area contributed by atoms with Crippen LogP contribution in [0, 0.1) is 0 Å². The number of hydrogen-bond acceptors (Lipinski definition) is 2. The minimum atomic E-state index is -0.0232. The van der Waals surface area contributed by atoms with Gasteiger partial charge in [0.05, 0.1) is 17.2 Å². The molecule has 0 aliphatic carbocycles. The van der Waals surface area contributed by atoms with E-state index in [1.165, 1.54) is 0 Å². The molecule has 2 aromatic carbocycles. The molecule has 0 aliphatic heterocycles. The van der Waals surface area contributed by atoms with E-state index in [4.69, 9.17) is 16.3 Å². The maximum absolute atomic E-state index is 6.45. The molecule has 1 N–H and O–H groups in total. The zero-order valence-electron chi connectivity index (χ0n) is 12.4. The van der Waals surface area contributed by atoms with E-state index < -0.39 is 0 Å². The molecule has 0 bridgehead atoms. The van der Waals surface area contributed by atoms with Crippen LogP contribution in [0.2, 0.25) is 5.02 Å². The average molecular weight is 369 g/mol. The second kappa shape index (κ2) is 7.30. The minimum absolute atomic E-state index is 0.0232. The summed E-state index contributed by atoms with van der Waals surface area (Å²) >= 11 is 9.93. The third-order valence-electron chi connectivity index (χ3n) is 3.17. The van der Waals surface area contributed by atoms with E-state index in [0.717, 1.165) is 26.4 Å². The van der Waals surface area contributed by atoms with E-state index in [1.807, 2.05) is 57.3 Å². The molecule has 4 heteroatoms. The van der Waals surface area contributed by atoms with Gasteiger partial charge < -0.3 is 10.1 Å². The molecular weight excluding hydrogens is 350 g/mol. The Hall–Kier alpha value is -1.03. The highest BCUT2D eigenvalue weighted by molar-refractivity contribution is 9.10. The molecule has 0 aliphatic rings. The summed E-state index contributed by atoms with van der Waals surface area (Å²) in [5, 5.41) is 4.05. The van der Waals surface area contributed by atoms with Crippen molar-refractivity contribution in [2.45, 2.75) is 26.0 Å². The van der Waals surface area contributed by atoms with Crippen LogP contribution in [0.15, 0.2) is 46.9 Å². The van der Waals surface area contributed by atoms with E-state index in [2.05, 4.69) is 27.3 Å². The second-order valence-electron chi connectivity index (χ2n) is 5.07. The molecule has 2 rings (SSSR count). The molecule has 0 saturated heterocycles. The van der Waals surface area contributed by atoms with Crippen LogP contribution < -0.4 is 10.1 Å². The van der Waals surface area contributed by atoms with Crippen molar-refractivity contribution in [2.75, 3.05) is 7.05 Å².